The standard InChI is InChI=1S/C51H94O5/c1-4-7-10-13-16-19-22-24-25-26-28-31-34-37-40-43-46-54-47-49(56-51(53)45-42-39-36-33-29-21-18-15-12-9-6-3)48-55-50(52)44-41-38-35-32-30-27-23-20-17-14-11-8-5-2/h15,18,20,23-25,49H,4-14,16-17,19,21-22,26-48H2,1-3H3/b18-15-,23-20-,25-24-. The number of carbonyl (C=O) groups excluding carboxylic acids is 2. The number of hydrogen-bond donors (Lipinski definition) is 0. The molecule has 0 saturated heterocycles. The van der Waals surface area contributed by atoms with Crippen LogP contribution in [0, 0.1) is 0 Å². The Morgan fingerprint density at radius 2 is 0.714 bits per heavy atom. The molecule has 0 amide bonds. The summed E-state index contributed by atoms with van der Waals surface area (Å²) < 4.78 is 17.3. The fraction of sp³-hybridized carbons (Fsp3) is 0.843. The predicted octanol–water partition coefficient (Wildman–Crippen LogP) is 16.2. The first-order valence-corrected chi connectivity index (χ1v) is 24.5. The fourth-order valence-electron chi connectivity index (χ4n) is 6.89. The van der Waals surface area contributed by atoms with E-state index < -0.39 is 6.10 Å². The van der Waals surface area contributed by atoms with Gasteiger partial charge in [-0.2, -0.15) is 0 Å². The number of esters is 2. The zero-order valence-electron chi connectivity index (χ0n) is 37.7. The van der Waals surface area contributed by atoms with Gasteiger partial charge in [0.1, 0.15) is 6.61 Å². The molecule has 0 rings (SSSR count). The summed E-state index contributed by atoms with van der Waals surface area (Å²) in [4.78, 5) is 25.3. The molecule has 1 unspecified atom stereocenters. The lowest BCUT2D eigenvalue weighted by Gasteiger charge is -2.18. The molecule has 328 valence electrons. The first-order chi connectivity index (χ1) is 27.6. The SMILES string of the molecule is CCCC/C=C\CCCCCCCC(=O)OC(COCCCCCCCC/C=C\CCCCCCCC)COC(=O)CCCCCCC/C=C\CCCCCC. The highest BCUT2D eigenvalue weighted by molar-refractivity contribution is 5.70. The van der Waals surface area contributed by atoms with Crippen LogP contribution in [0.4, 0.5) is 0 Å². The van der Waals surface area contributed by atoms with Crippen LogP contribution in [0.25, 0.3) is 0 Å². The third-order valence-corrected chi connectivity index (χ3v) is 10.6. The highest BCUT2D eigenvalue weighted by atomic mass is 16.6. The lowest BCUT2D eigenvalue weighted by molar-refractivity contribution is -0.163. The Morgan fingerprint density at radius 1 is 0.375 bits per heavy atom. The van der Waals surface area contributed by atoms with Crippen LogP contribution in [-0.4, -0.2) is 37.9 Å². The minimum Gasteiger partial charge on any atom is -0.462 e. The first-order valence-electron chi connectivity index (χ1n) is 24.5. The summed E-state index contributed by atoms with van der Waals surface area (Å²) in [5.74, 6) is -0.414. The summed E-state index contributed by atoms with van der Waals surface area (Å²) in [6.45, 7) is 7.76. The fourth-order valence-corrected chi connectivity index (χ4v) is 6.89. The Morgan fingerprint density at radius 3 is 1.16 bits per heavy atom. The van der Waals surface area contributed by atoms with E-state index in [4.69, 9.17) is 14.2 Å². The maximum Gasteiger partial charge on any atom is 0.306 e. The van der Waals surface area contributed by atoms with Gasteiger partial charge in [0.25, 0.3) is 0 Å². The zero-order valence-corrected chi connectivity index (χ0v) is 37.7. The van der Waals surface area contributed by atoms with E-state index in [2.05, 4.69) is 57.2 Å². The van der Waals surface area contributed by atoms with Crippen LogP contribution in [0.1, 0.15) is 252 Å². The summed E-state index contributed by atoms with van der Waals surface area (Å²) in [5.41, 5.74) is 0. The number of ether oxygens (including phenoxy) is 3. The molecule has 0 fully saturated rings. The van der Waals surface area contributed by atoms with Crippen molar-refractivity contribution in [2.24, 2.45) is 0 Å². The number of unbranched alkanes of at least 4 members (excludes halogenated alkanes) is 28. The molecule has 0 aromatic carbocycles. The van der Waals surface area contributed by atoms with Gasteiger partial charge >= 0.3 is 11.9 Å². The lowest BCUT2D eigenvalue weighted by atomic mass is 10.1. The maximum absolute atomic E-state index is 12.7. The van der Waals surface area contributed by atoms with Crippen molar-refractivity contribution in [2.45, 2.75) is 258 Å². The van der Waals surface area contributed by atoms with Crippen molar-refractivity contribution < 1.29 is 23.8 Å². The van der Waals surface area contributed by atoms with Crippen molar-refractivity contribution in [1.29, 1.82) is 0 Å². The van der Waals surface area contributed by atoms with Crippen molar-refractivity contribution in [3.05, 3.63) is 36.5 Å². The van der Waals surface area contributed by atoms with Crippen molar-refractivity contribution in [2.75, 3.05) is 19.8 Å². The summed E-state index contributed by atoms with van der Waals surface area (Å²) in [6, 6.07) is 0. The van der Waals surface area contributed by atoms with Crippen LogP contribution >= 0.6 is 0 Å². The van der Waals surface area contributed by atoms with Crippen molar-refractivity contribution in [3.8, 4) is 0 Å². The molecule has 0 spiro atoms. The lowest BCUT2D eigenvalue weighted by Crippen LogP contribution is -2.30. The molecule has 0 N–H and O–H groups in total. The minimum absolute atomic E-state index is 0.0779. The van der Waals surface area contributed by atoms with Crippen molar-refractivity contribution in [3.63, 3.8) is 0 Å². The number of rotatable bonds is 45. The van der Waals surface area contributed by atoms with Gasteiger partial charge in [-0.05, 0) is 89.9 Å². The Balaban J connectivity index is 4.25. The highest BCUT2D eigenvalue weighted by Gasteiger charge is 2.17. The van der Waals surface area contributed by atoms with E-state index in [1.807, 2.05) is 0 Å². The predicted molar refractivity (Wildman–Crippen MR) is 242 cm³/mol. The van der Waals surface area contributed by atoms with Crippen molar-refractivity contribution in [1.82, 2.24) is 0 Å². The summed E-state index contributed by atoms with van der Waals surface area (Å²) in [5, 5.41) is 0. The molecule has 0 aromatic rings. The molecule has 5 nitrogen and oxygen atoms in total. The Labute approximate surface area is 349 Å². The van der Waals surface area contributed by atoms with Gasteiger partial charge in [-0.15, -0.1) is 0 Å². The topological polar surface area (TPSA) is 61.8 Å². The van der Waals surface area contributed by atoms with E-state index in [9.17, 15) is 9.59 Å². The van der Waals surface area contributed by atoms with Crippen molar-refractivity contribution >= 4 is 11.9 Å². The summed E-state index contributed by atoms with van der Waals surface area (Å²) in [7, 11) is 0. The second kappa shape index (κ2) is 47.5. The third-order valence-electron chi connectivity index (χ3n) is 10.6. The molecule has 5 heteroatoms. The molecular weight excluding hydrogens is 693 g/mol. The molecule has 1 atom stereocenters. The molecule has 0 bridgehead atoms. The van der Waals surface area contributed by atoms with Gasteiger partial charge < -0.3 is 14.2 Å². The van der Waals surface area contributed by atoms with Gasteiger partial charge in [-0.1, -0.05) is 186 Å². The van der Waals surface area contributed by atoms with E-state index in [0.29, 0.717) is 19.4 Å². The summed E-state index contributed by atoms with van der Waals surface area (Å²) >= 11 is 0. The molecular formula is C51H94O5. The second-order valence-electron chi connectivity index (χ2n) is 16.4. The van der Waals surface area contributed by atoms with Crippen LogP contribution < -0.4 is 0 Å². The first kappa shape index (κ1) is 54.1. The number of hydrogen-bond acceptors (Lipinski definition) is 5. The van der Waals surface area contributed by atoms with E-state index in [1.54, 1.807) is 0 Å². The largest absolute Gasteiger partial charge is 0.462 e. The molecule has 0 saturated carbocycles. The Kier molecular flexibility index (Phi) is 45.9. The minimum atomic E-state index is -0.542. The molecule has 0 heterocycles. The van der Waals surface area contributed by atoms with Gasteiger partial charge in [0.15, 0.2) is 6.10 Å². The molecule has 0 aromatic heterocycles. The Hall–Kier alpha value is -1.88. The van der Waals surface area contributed by atoms with E-state index in [0.717, 1.165) is 64.2 Å². The van der Waals surface area contributed by atoms with Crippen LogP contribution in [0.2, 0.25) is 0 Å². The Bertz CT molecular complexity index is 893. The maximum atomic E-state index is 12.7. The van der Waals surface area contributed by atoms with E-state index in [-0.39, 0.29) is 25.2 Å². The average molecular weight is 787 g/mol. The third kappa shape index (κ3) is 44.8. The van der Waals surface area contributed by atoms with Gasteiger partial charge in [0.2, 0.25) is 0 Å². The van der Waals surface area contributed by atoms with E-state index >= 15 is 0 Å². The molecule has 0 aliphatic heterocycles. The molecule has 0 aliphatic carbocycles. The van der Waals surface area contributed by atoms with Gasteiger partial charge in [-0.3, -0.25) is 9.59 Å². The van der Waals surface area contributed by atoms with Gasteiger partial charge in [-0.25, -0.2) is 0 Å². The second-order valence-corrected chi connectivity index (χ2v) is 16.4. The van der Waals surface area contributed by atoms with Crippen LogP contribution in [-0.2, 0) is 23.8 Å². The van der Waals surface area contributed by atoms with Crippen LogP contribution in [0.3, 0.4) is 0 Å². The van der Waals surface area contributed by atoms with E-state index in [1.165, 1.54) is 154 Å². The normalized spacial score (nSPS) is 12.4. The average Bonchev–Trinajstić information content (AvgIpc) is 3.20. The van der Waals surface area contributed by atoms with Gasteiger partial charge in [0.05, 0.1) is 6.61 Å². The monoisotopic (exact) mass is 787 g/mol. The quantitative estimate of drug-likeness (QED) is 0.0349. The molecule has 0 radical (unpaired) electrons. The smallest absolute Gasteiger partial charge is 0.306 e. The molecule has 0 aliphatic rings. The number of carbonyl (C=O) groups is 2. The van der Waals surface area contributed by atoms with Gasteiger partial charge in [0, 0.05) is 19.4 Å². The highest BCUT2D eigenvalue weighted by Crippen LogP contribution is 2.13. The number of allylic oxidation sites excluding steroid dienone is 6. The van der Waals surface area contributed by atoms with Crippen LogP contribution in [0.15, 0.2) is 36.5 Å². The van der Waals surface area contributed by atoms with Crippen LogP contribution in [0.5, 0.6) is 0 Å². The molecule has 56 heavy (non-hydrogen) atoms. The zero-order chi connectivity index (χ0) is 40.7. The summed E-state index contributed by atoms with van der Waals surface area (Å²) in [6.07, 6.45) is 55.7.